The van der Waals surface area contributed by atoms with E-state index in [0.29, 0.717) is 23.7 Å². The molecule has 0 bridgehead atoms. The van der Waals surface area contributed by atoms with Gasteiger partial charge in [-0.1, -0.05) is 18.2 Å². The minimum atomic E-state index is -0.866. The van der Waals surface area contributed by atoms with Crippen molar-refractivity contribution in [1.82, 2.24) is 19.5 Å². The minimum Gasteiger partial charge on any atom is -0.418 e. The van der Waals surface area contributed by atoms with Gasteiger partial charge in [0.1, 0.15) is 11.3 Å². The second-order valence-corrected chi connectivity index (χ2v) is 5.80. The average Bonchev–Trinajstić information content (AvgIpc) is 3.03. The highest BCUT2D eigenvalue weighted by Gasteiger charge is 2.17. The molecule has 0 saturated heterocycles. The highest BCUT2D eigenvalue weighted by Crippen LogP contribution is 2.28. The summed E-state index contributed by atoms with van der Waals surface area (Å²) in [6.07, 6.45) is 1.37. The summed E-state index contributed by atoms with van der Waals surface area (Å²) < 4.78 is 48.4. The van der Waals surface area contributed by atoms with E-state index in [1.54, 1.807) is 22.8 Å². The van der Waals surface area contributed by atoms with Crippen LogP contribution in [-0.2, 0) is 6.54 Å². The van der Waals surface area contributed by atoms with E-state index in [1.165, 1.54) is 18.3 Å². The molecule has 0 spiro atoms. The number of ether oxygens (including phenoxy) is 1. The lowest BCUT2D eigenvalue weighted by Crippen LogP contribution is -2.04. The Kier molecular flexibility index (Phi) is 4.56. The summed E-state index contributed by atoms with van der Waals surface area (Å²) in [5.74, 6) is -2.40. The summed E-state index contributed by atoms with van der Waals surface area (Å²) in [6.45, 7) is 2.31. The third-order valence-electron chi connectivity index (χ3n) is 4.01. The lowest BCUT2D eigenvalue weighted by atomic mass is 10.3. The van der Waals surface area contributed by atoms with Gasteiger partial charge in [-0.15, -0.1) is 0 Å². The van der Waals surface area contributed by atoms with Crippen LogP contribution in [0.25, 0.3) is 11.2 Å². The Bertz CT molecular complexity index is 1140. The molecular formula is C19H14F3N5O. The number of nitrogens with one attached hydrogen (secondary N) is 1. The number of hydrogen-bond donors (Lipinski definition) is 1. The van der Waals surface area contributed by atoms with Gasteiger partial charge in [-0.2, -0.15) is 4.98 Å². The fraction of sp³-hybridized carbons (Fsp3) is 0.105. The fourth-order valence-corrected chi connectivity index (χ4v) is 2.70. The van der Waals surface area contributed by atoms with Crippen LogP contribution in [0.5, 0.6) is 11.8 Å². The molecule has 4 aromatic rings. The largest absolute Gasteiger partial charge is 0.418 e. The van der Waals surface area contributed by atoms with E-state index in [0.717, 1.165) is 12.1 Å². The lowest BCUT2D eigenvalue weighted by Gasteiger charge is -2.09. The Morgan fingerprint density at radius 1 is 0.964 bits per heavy atom. The smallest absolute Gasteiger partial charge is 0.324 e. The molecule has 6 nitrogen and oxygen atoms in total. The standard InChI is InChI=1S/C19H14F3N5O/c1-2-27-17-15(25-18(27)24-14-9-4-3-6-11(14)20)10-23-19(26-17)28-16-12(21)7-5-8-13(16)22/h3-10H,2H2,1H3,(H,24,25). The molecular weight excluding hydrogens is 371 g/mol. The Morgan fingerprint density at radius 3 is 2.39 bits per heavy atom. The number of imidazole rings is 1. The number of aryl methyl sites for hydroxylation is 1. The number of aromatic nitrogens is 4. The fourth-order valence-electron chi connectivity index (χ4n) is 2.70. The Balaban J connectivity index is 1.72. The first-order valence-corrected chi connectivity index (χ1v) is 8.43. The number of fused-ring (bicyclic) bond motifs is 1. The van der Waals surface area contributed by atoms with Crippen LogP contribution in [0.2, 0.25) is 0 Å². The molecule has 0 unspecified atom stereocenters. The predicted octanol–water partition coefficient (Wildman–Crippen LogP) is 4.80. The maximum Gasteiger partial charge on any atom is 0.324 e. The second kappa shape index (κ2) is 7.18. The van der Waals surface area contributed by atoms with Crippen LogP contribution >= 0.6 is 0 Å². The monoisotopic (exact) mass is 385 g/mol. The summed E-state index contributed by atoms with van der Waals surface area (Å²) in [4.78, 5) is 12.5. The molecule has 2 heterocycles. The van der Waals surface area contributed by atoms with E-state index >= 15 is 0 Å². The van der Waals surface area contributed by atoms with E-state index in [4.69, 9.17) is 4.74 Å². The first kappa shape index (κ1) is 17.8. The maximum atomic E-state index is 13.9. The van der Waals surface area contributed by atoms with E-state index in [-0.39, 0.29) is 11.7 Å². The number of nitrogens with zero attached hydrogens (tertiary/aromatic N) is 4. The van der Waals surface area contributed by atoms with Crippen LogP contribution < -0.4 is 10.1 Å². The Morgan fingerprint density at radius 2 is 1.68 bits per heavy atom. The van der Waals surface area contributed by atoms with E-state index < -0.39 is 23.2 Å². The van der Waals surface area contributed by atoms with Crippen molar-refractivity contribution in [2.24, 2.45) is 0 Å². The van der Waals surface area contributed by atoms with Gasteiger partial charge >= 0.3 is 6.01 Å². The molecule has 1 N–H and O–H groups in total. The van der Waals surface area contributed by atoms with Crippen molar-refractivity contribution in [1.29, 1.82) is 0 Å². The molecule has 0 aliphatic rings. The molecule has 0 aliphatic heterocycles. The van der Waals surface area contributed by atoms with Crippen LogP contribution in [0.1, 0.15) is 6.92 Å². The number of halogens is 3. The summed E-state index contributed by atoms with van der Waals surface area (Å²) in [7, 11) is 0. The third-order valence-corrected chi connectivity index (χ3v) is 4.01. The van der Waals surface area contributed by atoms with Gasteiger partial charge in [-0.25, -0.2) is 23.1 Å². The van der Waals surface area contributed by atoms with Crippen molar-refractivity contribution in [3.8, 4) is 11.8 Å². The number of para-hydroxylation sites is 2. The third kappa shape index (κ3) is 3.22. The zero-order valence-corrected chi connectivity index (χ0v) is 14.7. The summed E-state index contributed by atoms with van der Waals surface area (Å²) >= 11 is 0. The SMILES string of the molecule is CCn1c(Nc2ccccc2F)nc2cnc(Oc3c(F)cccc3F)nc21. The van der Waals surface area contributed by atoms with Gasteiger partial charge in [-0.05, 0) is 31.2 Å². The first-order valence-electron chi connectivity index (χ1n) is 8.43. The zero-order valence-electron chi connectivity index (χ0n) is 14.7. The number of rotatable bonds is 5. The highest BCUT2D eigenvalue weighted by atomic mass is 19.1. The Hall–Kier alpha value is -3.62. The van der Waals surface area contributed by atoms with Gasteiger partial charge in [0.15, 0.2) is 17.3 Å². The van der Waals surface area contributed by atoms with Crippen molar-refractivity contribution in [2.75, 3.05) is 5.32 Å². The summed E-state index contributed by atoms with van der Waals surface area (Å²) in [5.41, 5.74) is 1.05. The normalized spacial score (nSPS) is 11.0. The maximum absolute atomic E-state index is 13.9. The van der Waals surface area contributed by atoms with Crippen molar-refractivity contribution >= 4 is 22.8 Å². The number of hydrogen-bond acceptors (Lipinski definition) is 5. The molecule has 0 aliphatic carbocycles. The van der Waals surface area contributed by atoms with Crippen LogP contribution in [0, 0.1) is 17.5 Å². The quantitative estimate of drug-likeness (QED) is 0.535. The second-order valence-electron chi connectivity index (χ2n) is 5.80. The van der Waals surface area contributed by atoms with Gasteiger partial charge in [0, 0.05) is 6.54 Å². The predicted molar refractivity (Wildman–Crippen MR) is 97.1 cm³/mol. The molecule has 2 aromatic heterocycles. The number of anilines is 2. The molecule has 0 atom stereocenters. The summed E-state index contributed by atoms with van der Waals surface area (Å²) in [6, 6.07) is 9.33. The molecule has 0 radical (unpaired) electrons. The lowest BCUT2D eigenvalue weighted by molar-refractivity contribution is 0.383. The molecule has 142 valence electrons. The molecule has 9 heteroatoms. The van der Waals surface area contributed by atoms with Gasteiger partial charge in [-0.3, -0.25) is 4.57 Å². The Labute approximate surface area is 157 Å². The van der Waals surface area contributed by atoms with Crippen molar-refractivity contribution in [3.05, 3.63) is 66.1 Å². The van der Waals surface area contributed by atoms with Crippen LogP contribution in [0.15, 0.2) is 48.7 Å². The van der Waals surface area contributed by atoms with Gasteiger partial charge < -0.3 is 10.1 Å². The van der Waals surface area contributed by atoms with Crippen LogP contribution in [-0.4, -0.2) is 19.5 Å². The molecule has 0 saturated carbocycles. The van der Waals surface area contributed by atoms with Crippen molar-refractivity contribution in [2.45, 2.75) is 13.5 Å². The average molecular weight is 385 g/mol. The van der Waals surface area contributed by atoms with Crippen LogP contribution in [0.3, 0.4) is 0 Å². The molecule has 4 rings (SSSR count). The first-order chi connectivity index (χ1) is 13.6. The minimum absolute atomic E-state index is 0.233. The molecule has 2 aromatic carbocycles. The molecule has 0 amide bonds. The highest BCUT2D eigenvalue weighted by molar-refractivity contribution is 5.75. The van der Waals surface area contributed by atoms with E-state index in [1.807, 2.05) is 6.92 Å². The van der Waals surface area contributed by atoms with E-state index in [2.05, 4.69) is 20.3 Å². The molecule has 0 fully saturated rings. The van der Waals surface area contributed by atoms with Gasteiger partial charge in [0.05, 0.1) is 11.9 Å². The number of benzene rings is 2. The van der Waals surface area contributed by atoms with Gasteiger partial charge in [0.2, 0.25) is 11.7 Å². The topological polar surface area (TPSA) is 64.9 Å². The van der Waals surface area contributed by atoms with Crippen molar-refractivity contribution < 1.29 is 17.9 Å². The van der Waals surface area contributed by atoms with E-state index in [9.17, 15) is 13.2 Å². The summed E-state index contributed by atoms with van der Waals surface area (Å²) in [5, 5.41) is 2.92. The zero-order chi connectivity index (χ0) is 19.7. The van der Waals surface area contributed by atoms with Crippen molar-refractivity contribution in [3.63, 3.8) is 0 Å². The van der Waals surface area contributed by atoms with Crippen LogP contribution in [0.4, 0.5) is 24.8 Å². The molecule has 28 heavy (non-hydrogen) atoms. The van der Waals surface area contributed by atoms with Gasteiger partial charge in [0.25, 0.3) is 0 Å².